The molecule has 3 heterocycles. The Balaban J connectivity index is 1.60. The molecule has 0 amide bonds. The van der Waals surface area contributed by atoms with Gasteiger partial charge in [0, 0.05) is 43.7 Å². The quantitative estimate of drug-likeness (QED) is 0.415. The monoisotopic (exact) mass is 499 g/mol. The molecule has 188 valence electrons. The first-order valence-electron chi connectivity index (χ1n) is 12.4. The van der Waals surface area contributed by atoms with Crippen LogP contribution in [0, 0.1) is 17.1 Å². The van der Waals surface area contributed by atoms with Crippen LogP contribution < -0.4 is 20.9 Å². The van der Waals surface area contributed by atoms with E-state index in [1.165, 1.54) is 0 Å². The number of nitrogens with two attached hydrogens (primary N) is 1. The number of benzene rings is 2. The number of nitrogens with one attached hydrogen (secondary N) is 1. The summed E-state index contributed by atoms with van der Waals surface area (Å²) in [6.07, 6.45) is 5.49. The number of aromatic amines is 1. The number of halogens is 1. The van der Waals surface area contributed by atoms with Gasteiger partial charge in [0.2, 0.25) is 0 Å². The number of nitrogens with zero attached hydrogens (tertiary/aromatic N) is 5. The molecule has 0 unspecified atom stereocenters. The number of rotatable bonds is 6. The van der Waals surface area contributed by atoms with Gasteiger partial charge < -0.3 is 15.4 Å². The Bertz CT molecular complexity index is 1620. The fourth-order valence-corrected chi connectivity index (χ4v) is 5.09. The van der Waals surface area contributed by atoms with Crippen molar-refractivity contribution < 1.29 is 9.13 Å². The SMILES string of the molecule is Cn1ncc(-c2ccc3c(=O)[nH]nc(CN)c3c2)c1-c1c(F)c(N2CCCC2)cc(OC2CC2)c1C#N. The largest absolute Gasteiger partial charge is 0.489 e. The predicted molar refractivity (Wildman–Crippen MR) is 138 cm³/mol. The molecule has 0 atom stereocenters. The standard InChI is InChI=1S/C27H26FN7O2/c1-34-26(20(14-31-34)15-4-7-17-18(10-15)21(13-30)32-33-27(17)36)24-19(12-29)23(37-16-5-6-16)11-22(25(24)28)35-8-2-3-9-35/h4,7,10-11,14,16H,2-3,5-6,8-9,13,30H2,1H3,(H,33,36). The summed E-state index contributed by atoms with van der Waals surface area (Å²) in [6, 6.07) is 9.19. The molecule has 2 aromatic carbocycles. The second kappa shape index (κ2) is 9.01. The lowest BCUT2D eigenvalue weighted by Crippen LogP contribution is -2.20. The maximum Gasteiger partial charge on any atom is 0.272 e. The zero-order valence-electron chi connectivity index (χ0n) is 20.4. The molecule has 0 spiro atoms. The molecule has 0 bridgehead atoms. The molecule has 1 aliphatic carbocycles. The van der Waals surface area contributed by atoms with Crippen LogP contribution >= 0.6 is 0 Å². The van der Waals surface area contributed by atoms with E-state index in [2.05, 4.69) is 21.4 Å². The van der Waals surface area contributed by atoms with E-state index in [9.17, 15) is 10.1 Å². The van der Waals surface area contributed by atoms with Crippen molar-refractivity contribution in [3.8, 4) is 34.2 Å². The van der Waals surface area contributed by atoms with Gasteiger partial charge in [-0.3, -0.25) is 9.48 Å². The van der Waals surface area contributed by atoms with Crippen LogP contribution in [0.2, 0.25) is 0 Å². The molecular formula is C27H26FN7O2. The number of ether oxygens (including phenoxy) is 1. The Morgan fingerprint density at radius 2 is 2.03 bits per heavy atom. The number of fused-ring (bicyclic) bond motifs is 1. The summed E-state index contributed by atoms with van der Waals surface area (Å²) < 4.78 is 24.1. The molecule has 2 aromatic heterocycles. The van der Waals surface area contributed by atoms with E-state index in [1.807, 2.05) is 11.0 Å². The third kappa shape index (κ3) is 3.92. The fourth-order valence-electron chi connectivity index (χ4n) is 5.09. The number of hydrogen-bond donors (Lipinski definition) is 2. The number of hydrogen-bond acceptors (Lipinski definition) is 7. The van der Waals surface area contributed by atoms with Crippen LogP contribution in [0.3, 0.4) is 0 Å². The van der Waals surface area contributed by atoms with Gasteiger partial charge in [-0.15, -0.1) is 0 Å². The lowest BCUT2D eigenvalue weighted by Gasteiger charge is -2.23. The third-order valence-corrected chi connectivity index (χ3v) is 7.13. The second-order valence-electron chi connectivity index (χ2n) is 9.58. The van der Waals surface area contributed by atoms with Crippen LogP contribution in [0.4, 0.5) is 10.1 Å². The molecule has 10 heteroatoms. The van der Waals surface area contributed by atoms with Crippen molar-refractivity contribution in [3.05, 3.63) is 57.9 Å². The fraction of sp³-hybridized carbons (Fsp3) is 0.333. The molecule has 37 heavy (non-hydrogen) atoms. The molecule has 9 nitrogen and oxygen atoms in total. The van der Waals surface area contributed by atoms with Gasteiger partial charge in [0.05, 0.1) is 40.3 Å². The zero-order valence-corrected chi connectivity index (χ0v) is 20.4. The molecule has 1 aliphatic heterocycles. The first kappa shape index (κ1) is 23.2. The lowest BCUT2D eigenvalue weighted by molar-refractivity contribution is 0.302. The lowest BCUT2D eigenvalue weighted by atomic mass is 9.94. The van der Waals surface area contributed by atoms with Crippen LogP contribution in [0.5, 0.6) is 5.75 Å². The van der Waals surface area contributed by atoms with Crippen molar-refractivity contribution in [2.24, 2.45) is 12.8 Å². The maximum absolute atomic E-state index is 16.4. The molecule has 1 saturated heterocycles. The Kier molecular flexibility index (Phi) is 5.65. The highest BCUT2D eigenvalue weighted by molar-refractivity contribution is 5.93. The van der Waals surface area contributed by atoms with Gasteiger partial charge in [0.15, 0.2) is 5.82 Å². The zero-order chi connectivity index (χ0) is 25.7. The maximum atomic E-state index is 16.4. The second-order valence-corrected chi connectivity index (χ2v) is 9.58. The third-order valence-electron chi connectivity index (χ3n) is 7.13. The molecule has 3 N–H and O–H groups in total. The van der Waals surface area contributed by atoms with E-state index < -0.39 is 5.82 Å². The van der Waals surface area contributed by atoms with Crippen molar-refractivity contribution in [1.29, 1.82) is 5.26 Å². The van der Waals surface area contributed by atoms with Gasteiger partial charge in [-0.2, -0.15) is 15.5 Å². The number of aryl methyl sites for hydroxylation is 1. The molecule has 6 rings (SSSR count). The van der Waals surface area contributed by atoms with E-state index in [4.69, 9.17) is 10.5 Å². The van der Waals surface area contributed by atoms with E-state index in [-0.39, 0.29) is 29.3 Å². The predicted octanol–water partition coefficient (Wildman–Crippen LogP) is 3.60. The molecule has 2 aliphatic rings. The Morgan fingerprint density at radius 3 is 2.73 bits per heavy atom. The van der Waals surface area contributed by atoms with Gasteiger partial charge in [-0.25, -0.2) is 9.49 Å². The van der Waals surface area contributed by atoms with Gasteiger partial charge in [0.1, 0.15) is 17.4 Å². The van der Waals surface area contributed by atoms with Crippen molar-refractivity contribution in [2.45, 2.75) is 38.3 Å². The summed E-state index contributed by atoms with van der Waals surface area (Å²) >= 11 is 0. The van der Waals surface area contributed by atoms with Crippen LogP contribution in [0.1, 0.15) is 36.9 Å². The van der Waals surface area contributed by atoms with Crippen molar-refractivity contribution in [2.75, 3.05) is 18.0 Å². The first-order valence-corrected chi connectivity index (χ1v) is 12.4. The summed E-state index contributed by atoms with van der Waals surface area (Å²) in [5, 5.41) is 22.3. The van der Waals surface area contributed by atoms with Gasteiger partial charge in [-0.1, -0.05) is 6.07 Å². The first-order chi connectivity index (χ1) is 18.0. The van der Waals surface area contributed by atoms with Crippen LogP contribution in [-0.4, -0.2) is 39.2 Å². The summed E-state index contributed by atoms with van der Waals surface area (Å²) in [5.74, 6) is -0.0666. The normalized spacial score (nSPS) is 15.4. The minimum absolute atomic E-state index is 0.0450. The number of H-pyrrole nitrogens is 1. The average Bonchev–Trinajstić information content (AvgIpc) is 3.39. The molecule has 2 fully saturated rings. The van der Waals surface area contributed by atoms with E-state index >= 15 is 4.39 Å². The summed E-state index contributed by atoms with van der Waals surface area (Å²) in [4.78, 5) is 14.3. The topological polar surface area (TPSA) is 126 Å². The van der Waals surface area contributed by atoms with Gasteiger partial charge in [-0.05, 0) is 43.4 Å². The summed E-state index contributed by atoms with van der Waals surface area (Å²) in [5.41, 5.74) is 8.65. The average molecular weight is 500 g/mol. The smallest absolute Gasteiger partial charge is 0.272 e. The van der Waals surface area contributed by atoms with E-state index in [0.29, 0.717) is 44.7 Å². The van der Waals surface area contributed by atoms with Gasteiger partial charge >= 0.3 is 0 Å². The highest BCUT2D eigenvalue weighted by atomic mass is 19.1. The number of anilines is 1. The van der Waals surface area contributed by atoms with Crippen LogP contribution in [0.25, 0.3) is 33.2 Å². The molecular weight excluding hydrogens is 473 g/mol. The van der Waals surface area contributed by atoms with Gasteiger partial charge in [0.25, 0.3) is 5.56 Å². The number of nitriles is 1. The molecule has 1 saturated carbocycles. The molecule has 0 radical (unpaired) electrons. The van der Waals surface area contributed by atoms with E-state index in [1.54, 1.807) is 36.1 Å². The van der Waals surface area contributed by atoms with Crippen molar-refractivity contribution in [3.63, 3.8) is 0 Å². The molecule has 4 aromatic rings. The van der Waals surface area contributed by atoms with E-state index in [0.717, 1.165) is 38.8 Å². The highest BCUT2D eigenvalue weighted by Crippen LogP contribution is 2.44. The van der Waals surface area contributed by atoms with Crippen LogP contribution in [0.15, 0.2) is 35.3 Å². The summed E-state index contributed by atoms with van der Waals surface area (Å²) in [6.45, 7) is 1.64. The van der Waals surface area contributed by atoms with Crippen molar-refractivity contribution >= 4 is 16.5 Å². The number of aromatic nitrogens is 4. The minimum Gasteiger partial charge on any atom is -0.489 e. The minimum atomic E-state index is -0.465. The Hall–Kier alpha value is -4.23. The van der Waals surface area contributed by atoms with Crippen molar-refractivity contribution in [1.82, 2.24) is 20.0 Å². The Labute approximate surface area is 212 Å². The highest BCUT2D eigenvalue weighted by Gasteiger charge is 2.31. The van der Waals surface area contributed by atoms with Crippen LogP contribution in [-0.2, 0) is 13.6 Å². The summed E-state index contributed by atoms with van der Waals surface area (Å²) in [7, 11) is 1.72. The Morgan fingerprint density at radius 1 is 1.24 bits per heavy atom.